The number of carbonyl (C=O) groups excluding carboxylic acids is 3. The van der Waals surface area contributed by atoms with Gasteiger partial charge in [-0.05, 0) is 25.7 Å². The van der Waals surface area contributed by atoms with Crippen LogP contribution in [0.1, 0.15) is 52.4 Å². The molecule has 0 aromatic heterocycles. The third-order valence-electron chi connectivity index (χ3n) is 4.53. The number of thioether (sulfide) groups is 1. The van der Waals surface area contributed by atoms with Crippen LogP contribution in [0.3, 0.4) is 0 Å². The Hall–Kier alpha value is -1.04. The number of nitrogens with zero attached hydrogens (tertiary/aromatic N) is 1. The first kappa shape index (κ1) is 16.3. The summed E-state index contributed by atoms with van der Waals surface area (Å²) >= 11 is 1.07. The third-order valence-corrected chi connectivity index (χ3v) is 5.36. The van der Waals surface area contributed by atoms with Crippen LogP contribution in [0.15, 0.2) is 0 Å². The molecule has 1 aliphatic heterocycles. The number of carbonyl (C=O) groups is 3. The Morgan fingerprint density at radius 3 is 2.52 bits per heavy atom. The maximum atomic E-state index is 12.3. The fourth-order valence-corrected chi connectivity index (χ4v) is 4.00. The highest BCUT2D eigenvalue weighted by Crippen LogP contribution is 2.30. The first-order valence-electron chi connectivity index (χ1n) is 7.87. The lowest BCUT2D eigenvalue weighted by atomic mass is 9.88. The van der Waals surface area contributed by atoms with Crippen LogP contribution in [0, 0.1) is 5.92 Å². The van der Waals surface area contributed by atoms with Crippen molar-refractivity contribution in [3.63, 3.8) is 0 Å². The van der Waals surface area contributed by atoms with Gasteiger partial charge in [0, 0.05) is 12.0 Å². The van der Waals surface area contributed by atoms with Gasteiger partial charge in [-0.2, -0.15) is 0 Å². The summed E-state index contributed by atoms with van der Waals surface area (Å²) in [6.45, 7) is 4.02. The van der Waals surface area contributed by atoms with Crippen LogP contribution in [-0.2, 0) is 9.59 Å². The Kier molecular flexibility index (Phi) is 5.67. The van der Waals surface area contributed by atoms with Gasteiger partial charge in [-0.1, -0.05) is 38.5 Å². The summed E-state index contributed by atoms with van der Waals surface area (Å²) < 4.78 is 0. The van der Waals surface area contributed by atoms with Gasteiger partial charge in [0.15, 0.2) is 0 Å². The molecular weight excluding hydrogens is 288 g/mol. The molecule has 1 aliphatic carbocycles. The van der Waals surface area contributed by atoms with Gasteiger partial charge in [0.1, 0.15) is 0 Å². The smallest absolute Gasteiger partial charge is 0.289 e. The van der Waals surface area contributed by atoms with E-state index in [4.69, 9.17) is 0 Å². The van der Waals surface area contributed by atoms with Gasteiger partial charge in [0.2, 0.25) is 11.8 Å². The predicted molar refractivity (Wildman–Crippen MR) is 83.0 cm³/mol. The Labute approximate surface area is 130 Å². The van der Waals surface area contributed by atoms with Gasteiger partial charge in [-0.3, -0.25) is 19.3 Å². The van der Waals surface area contributed by atoms with E-state index < -0.39 is 0 Å². The number of amides is 3. The highest BCUT2D eigenvalue weighted by atomic mass is 32.2. The van der Waals surface area contributed by atoms with Crippen molar-refractivity contribution >= 4 is 28.8 Å². The van der Waals surface area contributed by atoms with E-state index in [9.17, 15) is 14.4 Å². The zero-order valence-corrected chi connectivity index (χ0v) is 13.6. The monoisotopic (exact) mass is 312 g/mol. The summed E-state index contributed by atoms with van der Waals surface area (Å²) in [6, 6.07) is -0.245. The predicted octanol–water partition coefficient (Wildman–Crippen LogP) is 2.55. The summed E-state index contributed by atoms with van der Waals surface area (Å²) in [5, 5.41) is 2.94. The van der Waals surface area contributed by atoms with E-state index >= 15 is 0 Å². The fourth-order valence-electron chi connectivity index (χ4n) is 3.23. The summed E-state index contributed by atoms with van der Waals surface area (Å²) in [4.78, 5) is 37.5. The lowest BCUT2D eigenvalue weighted by Gasteiger charge is -2.37. The third kappa shape index (κ3) is 3.59. The maximum absolute atomic E-state index is 12.3. The van der Waals surface area contributed by atoms with Crippen LogP contribution >= 0.6 is 11.8 Å². The van der Waals surface area contributed by atoms with Crippen molar-refractivity contribution in [3.05, 3.63) is 0 Å². The van der Waals surface area contributed by atoms with Gasteiger partial charge in [0.25, 0.3) is 5.24 Å². The molecule has 118 valence electrons. The zero-order chi connectivity index (χ0) is 15.4. The normalized spacial score (nSPS) is 26.5. The summed E-state index contributed by atoms with van der Waals surface area (Å²) in [7, 11) is 0. The molecule has 0 radical (unpaired) electrons. The van der Waals surface area contributed by atoms with E-state index in [0.29, 0.717) is 0 Å². The minimum absolute atomic E-state index is 0.0203. The quantitative estimate of drug-likeness (QED) is 0.847. The van der Waals surface area contributed by atoms with Gasteiger partial charge in [-0.15, -0.1) is 0 Å². The largest absolute Gasteiger partial charge is 0.351 e. The van der Waals surface area contributed by atoms with E-state index in [-0.39, 0.29) is 40.8 Å². The molecule has 2 rings (SSSR count). The van der Waals surface area contributed by atoms with Crippen molar-refractivity contribution in [2.45, 2.75) is 64.5 Å². The number of rotatable bonds is 5. The van der Waals surface area contributed by atoms with Crippen molar-refractivity contribution < 1.29 is 14.4 Å². The summed E-state index contributed by atoms with van der Waals surface area (Å²) in [6.07, 6.45) is 5.32. The van der Waals surface area contributed by atoms with Gasteiger partial charge in [-0.25, -0.2) is 0 Å². The molecule has 21 heavy (non-hydrogen) atoms. The van der Waals surface area contributed by atoms with Gasteiger partial charge in [0.05, 0.1) is 11.8 Å². The zero-order valence-electron chi connectivity index (χ0n) is 12.8. The van der Waals surface area contributed by atoms with Crippen LogP contribution < -0.4 is 5.32 Å². The summed E-state index contributed by atoms with van der Waals surface area (Å²) in [5.74, 6) is 0.206. The topological polar surface area (TPSA) is 66.5 Å². The molecule has 1 heterocycles. The SMILES string of the molecule is CCC(CC)C(=O)NC1CCCCC1N1C(=O)CSC1=O. The van der Waals surface area contributed by atoms with Crippen LogP contribution in [0.5, 0.6) is 0 Å². The Morgan fingerprint density at radius 2 is 1.95 bits per heavy atom. The van der Waals surface area contributed by atoms with Crippen molar-refractivity contribution in [2.24, 2.45) is 5.92 Å². The molecule has 2 fully saturated rings. The average Bonchev–Trinajstić information content (AvgIpc) is 2.80. The molecule has 2 unspecified atom stereocenters. The second-order valence-electron chi connectivity index (χ2n) is 5.80. The van der Waals surface area contributed by atoms with E-state index in [1.165, 1.54) is 4.90 Å². The van der Waals surface area contributed by atoms with E-state index in [1.807, 2.05) is 13.8 Å². The second-order valence-corrected chi connectivity index (χ2v) is 6.73. The minimum Gasteiger partial charge on any atom is -0.351 e. The molecule has 1 N–H and O–H groups in total. The van der Waals surface area contributed by atoms with Gasteiger partial charge >= 0.3 is 0 Å². The van der Waals surface area contributed by atoms with Crippen LogP contribution in [0.25, 0.3) is 0 Å². The number of hydrogen-bond acceptors (Lipinski definition) is 4. The summed E-state index contributed by atoms with van der Waals surface area (Å²) in [5.41, 5.74) is 0. The Morgan fingerprint density at radius 1 is 1.29 bits per heavy atom. The molecule has 5 nitrogen and oxygen atoms in total. The van der Waals surface area contributed by atoms with Crippen LogP contribution in [0.2, 0.25) is 0 Å². The molecule has 0 aromatic carbocycles. The minimum atomic E-state index is -0.160. The first-order chi connectivity index (χ1) is 10.1. The molecular formula is C15H24N2O3S. The fraction of sp³-hybridized carbons (Fsp3) is 0.800. The Balaban J connectivity index is 2.07. The van der Waals surface area contributed by atoms with E-state index in [2.05, 4.69) is 5.32 Å². The molecule has 0 spiro atoms. The van der Waals surface area contributed by atoms with E-state index in [1.54, 1.807) is 0 Å². The highest BCUT2D eigenvalue weighted by Gasteiger charge is 2.41. The lowest BCUT2D eigenvalue weighted by molar-refractivity contribution is -0.130. The average molecular weight is 312 g/mol. The highest BCUT2D eigenvalue weighted by molar-refractivity contribution is 8.14. The van der Waals surface area contributed by atoms with Crippen LogP contribution in [-0.4, -0.2) is 39.8 Å². The molecule has 6 heteroatoms. The van der Waals surface area contributed by atoms with Crippen molar-refractivity contribution in [1.82, 2.24) is 10.2 Å². The van der Waals surface area contributed by atoms with Gasteiger partial charge < -0.3 is 5.32 Å². The molecule has 1 saturated carbocycles. The molecule has 0 aromatic rings. The van der Waals surface area contributed by atoms with E-state index in [0.717, 1.165) is 50.3 Å². The Bertz CT molecular complexity index is 407. The number of nitrogens with one attached hydrogen (secondary N) is 1. The standard InChI is InChI=1S/C15H24N2O3S/c1-3-10(4-2)14(19)16-11-7-5-6-8-12(11)17-13(18)9-21-15(17)20/h10-12H,3-9H2,1-2H3,(H,16,19). The maximum Gasteiger partial charge on any atom is 0.289 e. The molecule has 2 atom stereocenters. The molecule has 3 amide bonds. The van der Waals surface area contributed by atoms with Crippen LogP contribution in [0.4, 0.5) is 4.79 Å². The first-order valence-corrected chi connectivity index (χ1v) is 8.86. The second kappa shape index (κ2) is 7.29. The number of hydrogen-bond donors (Lipinski definition) is 1. The molecule has 0 bridgehead atoms. The molecule has 2 aliphatic rings. The van der Waals surface area contributed by atoms with Crippen molar-refractivity contribution in [1.29, 1.82) is 0 Å². The van der Waals surface area contributed by atoms with Crippen molar-refractivity contribution in [2.75, 3.05) is 5.75 Å². The number of imide groups is 1. The molecule has 1 saturated heterocycles. The van der Waals surface area contributed by atoms with Crippen molar-refractivity contribution in [3.8, 4) is 0 Å². The lowest BCUT2D eigenvalue weighted by Crippen LogP contribution is -2.55.